The van der Waals surface area contributed by atoms with Crippen LogP contribution in [0.15, 0.2) is 24.3 Å². The van der Waals surface area contributed by atoms with Crippen molar-refractivity contribution in [1.82, 2.24) is 0 Å². The second kappa shape index (κ2) is 8.42. The summed E-state index contributed by atoms with van der Waals surface area (Å²) in [6, 6.07) is 8.59. The summed E-state index contributed by atoms with van der Waals surface area (Å²) in [5, 5.41) is 0. The van der Waals surface area contributed by atoms with Crippen LogP contribution in [0.4, 0.5) is 11.4 Å². The van der Waals surface area contributed by atoms with Crippen molar-refractivity contribution in [2.75, 3.05) is 23.5 Å². The van der Waals surface area contributed by atoms with E-state index in [4.69, 9.17) is 4.84 Å². The quantitative estimate of drug-likeness (QED) is 0.780. The molecule has 1 aliphatic carbocycles. The van der Waals surface area contributed by atoms with Crippen molar-refractivity contribution in [1.29, 1.82) is 0 Å². The van der Waals surface area contributed by atoms with Gasteiger partial charge in [-0.15, -0.1) is 0 Å². The summed E-state index contributed by atoms with van der Waals surface area (Å²) in [4.78, 5) is 8.55. The van der Waals surface area contributed by atoms with Crippen molar-refractivity contribution in [2.24, 2.45) is 0 Å². The van der Waals surface area contributed by atoms with Crippen LogP contribution in [0.5, 0.6) is 0 Å². The highest BCUT2D eigenvalue weighted by atomic mass is 16.7. The summed E-state index contributed by atoms with van der Waals surface area (Å²) in [6.07, 6.45) is 13.5. The van der Waals surface area contributed by atoms with E-state index in [2.05, 4.69) is 34.6 Å². The first kappa shape index (κ1) is 15.7. The Bertz CT molecular complexity index is 435. The number of piperidine rings is 1. The lowest BCUT2D eigenvalue weighted by atomic mass is 9.99. The number of hydrogen-bond acceptors (Lipinski definition) is 3. The summed E-state index contributed by atoms with van der Waals surface area (Å²) in [7, 11) is 0. The van der Waals surface area contributed by atoms with Crippen LogP contribution in [-0.2, 0) is 4.84 Å². The Morgan fingerprint density at radius 1 is 0.818 bits per heavy atom. The Hall–Kier alpha value is -1.22. The van der Waals surface area contributed by atoms with Crippen LogP contribution < -0.4 is 10.4 Å². The predicted molar refractivity (Wildman–Crippen MR) is 93.3 cm³/mol. The van der Waals surface area contributed by atoms with Crippen LogP contribution in [-0.4, -0.2) is 19.2 Å². The van der Waals surface area contributed by atoms with E-state index in [0.29, 0.717) is 6.10 Å². The van der Waals surface area contributed by atoms with Gasteiger partial charge in [0, 0.05) is 13.1 Å². The molecule has 122 valence electrons. The monoisotopic (exact) mass is 302 g/mol. The van der Waals surface area contributed by atoms with Gasteiger partial charge in [-0.25, -0.2) is 0 Å². The van der Waals surface area contributed by atoms with Crippen molar-refractivity contribution in [2.45, 2.75) is 70.3 Å². The van der Waals surface area contributed by atoms with E-state index in [1.165, 1.54) is 83.0 Å². The van der Waals surface area contributed by atoms with Gasteiger partial charge in [0.1, 0.15) is 0 Å². The lowest BCUT2D eigenvalue weighted by molar-refractivity contribution is 0.0772. The van der Waals surface area contributed by atoms with Crippen LogP contribution in [0.1, 0.15) is 64.2 Å². The minimum Gasteiger partial charge on any atom is -0.370 e. The lowest BCUT2D eigenvalue weighted by Crippen LogP contribution is -2.30. The number of nitrogens with one attached hydrogen (secondary N) is 1. The van der Waals surface area contributed by atoms with Gasteiger partial charge in [-0.3, -0.25) is 10.3 Å². The Morgan fingerprint density at radius 2 is 1.45 bits per heavy atom. The first-order valence-electron chi connectivity index (χ1n) is 9.19. The van der Waals surface area contributed by atoms with Crippen LogP contribution in [0.3, 0.4) is 0 Å². The molecule has 1 aromatic rings. The van der Waals surface area contributed by atoms with E-state index in [9.17, 15) is 0 Å². The molecule has 0 amide bonds. The third-order valence-electron chi connectivity index (χ3n) is 4.99. The average molecular weight is 302 g/mol. The minimum absolute atomic E-state index is 0.370. The predicted octanol–water partition coefficient (Wildman–Crippen LogP) is 5.13. The third kappa shape index (κ3) is 4.39. The van der Waals surface area contributed by atoms with Gasteiger partial charge in [0.25, 0.3) is 0 Å². The van der Waals surface area contributed by atoms with Gasteiger partial charge < -0.3 is 4.90 Å². The fraction of sp³-hybridized carbons (Fsp3) is 0.684. The molecule has 1 saturated carbocycles. The van der Waals surface area contributed by atoms with Crippen molar-refractivity contribution in [3.05, 3.63) is 24.3 Å². The molecule has 1 aromatic carbocycles. The molecule has 0 bridgehead atoms. The lowest BCUT2D eigenvalue weighted by Gasteiger charge is -2.31. The summed E-state index contributed by atoms with van der Waals surface area (Å²) < 4.78 is 0. The smallest absolute Gasteiger partial charge is 0.0854 e. The van der Waals surface area contributed by atoms with Crippen LogP contribution >= 0.6 is 0 Å². The highest BCUT2D eigenvalue weighted by Crippen LogP contribution is 2.29. The van der Waals surface area contributed by atoms with E-state index in [1.807, 2.05) is 0 Å². The maximum atomic E-state index is 6.06. The summed E-state index contributed by atoms with van der Waals surface area (Å²) in [5.74, 6) is 0. The fourth-order valence-corrected chi connectivity index (χ4v) is 3.65. The summed E-state index contributed by atoms with van der Waals surface area (Å²) in [6.45, 7) is 2.34. The van der Waals surface area contributed by atoms with Gasteiger partial charge in [-0.1, -0.05) is 44.2 Å². The van der Waals surface area contributed by atoms with Crippen LogP contribution in [0.2, 0.25) is 0 Å². The zero-order valence-electron chi connectivity index (χ0n) is 13.7. The maximum Gasteiger partial charge on any atom is 0.0854 e. The zero-order valence-corrected chi connectivity index (χ0v) is 13.7. The molecule has 1 aliphatic heterocycles. The van der Waals surface area contributed by atoms with Crippen molar-refractivity contribution in [3.63, 3.8) is 0 Å². The highest BCUT2D eigenvalue weighted by molar-refractivity contribution is 5.69. The molecule has 3 rings (SSSR count). The molecule has 3 heteroatoms. The first-order valence-corrected chi connectivity index (χ1v) is 9.19. The zero-order chi connectivity index (χ0) is 15.0. The van der Waals surface area contributed by atoms with Gasteiger partial charge >= 0.3 is 0 Å². The van der Waals surface area contributed by atoms with E-state index in [0.717, 1.165) is 5.69 Å². The van der Waals surface area contributed by atoms with E-state index >= 15 is 0 Å². The molecule has 0 radical (unpaired) electrons. The van der Waals surface area contributed by atoms with Gasteiger partial charge in [0.15, 0.2) is 0 Å². The summed E-state index contributed by atoms with van der Waals surface area (Å²) in [5.41, 5.74) is 5.72. The molecule has 3 nitrogen and oxygen atoms in total. The Balaban J connectivity index is 1.59. The largest absolute Gasteiger partial charge is 0.370 e. The molecule has 0 spiro atoms. The van der Waals surface area contributed by atoms with Crippen molar-refractivity contribution >= 4 is 11.4 Å². The fourth-order valence-electron chi connectivity index (χ4n) is 3.65. The van der Waals surface area contributed by atoms with Crippen LogP contribution in [0, 0.1) is 0 Å². The van der Waals surface area contributed by atoms with Gasteiger partial charge in [-0.2, -0.15) is 0 Å². The summed E-state index contributed by atoms with van der Waals surface area (Å²) >= 11 is 0. The van der Waals surface area contributed by atoms with E-state index < -0.39 is 0 Å². The Labute approximate surface area is 135 Å². The number of anilines is 2. The molecule has 0 atom stereocenters. The van der Waals surface area contributed by atoms with E-state index in [1.54, 1.807) is 0 Å². The minimum atomic E-state index is 0.370. The van der Waals surface area contributed by atoms with Gasteiger partial charge in [-0.05, 0) is 44.2 Å². The second-order valence-corrected chi connectivity index (χ2v) is 6.75. The average Bonchev–Trinajstić information content (AvgIpc) is 2.55. The normalized spacial score (nSPS) is 21.2. The van der Waals surface area contributed by atoms with Crippen molar-refractivity contribution < 1.29 is 4.84 Å². The van der Waals surface area contributed by atoms with E-state index in [-0.39, 0.29) is 0 Å². The number of nitrogens with zero attached hydrogens (tertiary/aromatic N) is 1. The molecule has 2 aliphatic rings. The Kier molecular flexibility index (Phi) is 6.00. The standard InChI is InChI=1S/C19H30N2O/c1-2-5-11-17(12-6-3-1)22-20-18-13-7-8-14-19(18)21-15-9-4-10-16-21/h7-8,13-14,17,20H,1-6,9-12,15-16H2. The second-order valence-electron chi connectivity index (χ2n) is 6.75. The maximum absolute atomic E-state index is 6.06. The van der Waals surface area contributed by atoms with Crippen LogP contribution in [0.25, 0.3) is 0 Å². The number of rotatable bonds is 4. The number of hydrogen-bond donors (Lipinski definition) is 1. The van der Waals surface area contributed by atoms with Crippen molar-refractivity contribution in [3.8, 4) is 0 Å². The molecule has 1 heterocycles. The molecule has 0 unspecified atom stereocenters. The first-order chi connectivity index (χ1) is 10.9. The van der Waals surface area contributed by atoms with Gasteiger partial charge in [0.2, 0.25) is 0 Å². The molecule has 1 N–H and O–H groups in total. The third-order valence-corrected chi connectivity index (χ3v) is 4.99. The SMILES string of the molecule is c1ccc(N2CCCCC2)c(NOC2CCCCCCC2)c1. The molecule has 22 heavy (non-hydrogen) atoms. The number of benzene rings is 1. The topological polar surface area (TPSA) is 24.5 Å². The molecular weight excluding hydrogens is 272 g/mol. The number of para-hydroxylation sites is 2. The molecule has 1 saturated heterocycles. The molecule has 0 aromatic heterocycles. The molecule has 2 fully saturated rings. The highest BCUT2D eigenvalue weighted by Gasteiger charge is 2.16. The Morgan fingerprint density at radius 3 is 2.23 bits per heavy atom. The molecular formula is C19H30N2O. The van der Waals surface area contributed by atoms with Gasteiger partial charge in [0.05, 0.1) is 17.5 Å².